The van der Waals surface area contributed by atoms with Crippen molar-refractivity contribution in [3.05, 3.63) is 65.2 Å². The molecule has 3 heteroatoms. The van der Waals surface area contributed by atoms with Crippen molar-refractivity contribution in [2.75, 3.05) is 11.9 Å². The van der Waals surface area contributed by atoms with Crippen LogP contribution in [0.4, 0.5) is 5.69 Å². The molecule has 1 aliphatic rings. The van der Waals surface area contributed by atoms with Gasteiger partial charge in [0, 0.05) is 16.8 Å². The van der Waals surface area contributed by atoms with E-state index in [1.54, 1.807) is 0 Å². The van der Waals surface area contributed by atoms with Crippen molar-refractivity contribution in [2.24, 2.45) is 4.99 Å². The number of aliphatic imine (C=N–C) groups is 1. The largest absolute Gasteiger partial charge is 0.376 e. The molecule has 2 aromatic rings. The Balaban J connectivity index is 2.17. The predicted octanol–water partition coefficient (Wildman–Crippen LogP) is 2.78. The zero-order chi connectivity index (χ0) is 13.2. The van der Waals surface area contributed by atoms with Gasteiger partial charge in [0.15, 0.2) is 0 Å². The number of carbonyl (C=O) groups is 1. The number of anilines is 1. The third kappa shape index (κ3) is 2.27. The van der Waals surface area contributed by atoms with E-state index in [0.717, 1.165) is 22.5 Å². The zero-order valence-electron chi connectivity index (χ0n) is 10.7. The van der Waals surface area contributed by atoms with E-state index in [1.165, 1.54) is 5.56 Å². The van der Waals surface area contributed by atoms with Gasteiger partial charge < -0.3 is 5.32 Å². The lowest BCUT2D eigenvalue weighted by atomic mass is 10.00. The Morgan fingerprint density at radius 2 is 1.79 bits per heavy atom. The summed E-state index contributed by atoms with van der Waals surface area (Å²) in [7, 11) is 0. The van der Waals surface area contributed by atoms with Crippen LogP contribution in [-0.2, 0) is 4.79 Å². The second-order valence-corrected chi connectivity index (χ2v) is 4.62. The minimum Gasteiger partial charge on any atom is -0.376 e. The predicted molar refractivity (Wildman–Crippen MR) is 76.8 cm³/mol. The number of hydrogen-bond donors (Lipinski definition) is 1. The molecular formula is C16H14N2O. The number of hydrogen-bond acceptors (Lipinski definition) is 2. The number of rotatable bonds is 1. The maximum Gasteiger partial charge on any atom is 0.265 e. The summed E-state index contributed by atoms with van der Waals surface area (Å²) < 4.78 is 0. The van der Waals surface area contributed by atoms with Gasteiger partial charge in [-0.15, -0.1) is 0 Å². The van der Waals surface area contributed by atoms with Crippen LogP contribution in [0.5, 0.6) is 0 Å². The molecule has 1 amide bonds. The molecule has 1 N–H and O–H groups in total. The average molecular weight is 250 g/mol. The fraction of sp³-hybridized carbons (Fsp3) is 0.125. The molecule has 0 unspecified atom stereocenters. The van der Waals surface area contributed by atoms with Gasteiger partial charge in [0.25, 0.3) is 5.91 Å². The number of aryl methyl sites for hydroxylation is 1. The van der Waals surface area contributed by atoms with Gasteiger partial charge in [0.1, 0.15) is 0 Å². The van der Waals surface area contributed by atoms with Crippen LogP contribution < -0.4 is 5.32 Å². The van der Waals surface area contributed by atoms with Crippen LogP contribution in [0, 0.1) is 6.92 Å². The number of amides is 1. The zero-order valence-corrected chi connectivity index (χ0v) is 10.7. The van der Waals surface area contributed by atoms with Gasteiger partial charge in [-0.05, 0) is 13.0 Å². The Hall–Kier alpha value is -2.42. The molecule has 1 heterocycles. The SMILES string of the molecule is Cc1ccc(C2=NC(=O)CNc3ccccc32)cc1. The van der Waals surface area contributed by atoms with Crippen molar-refractivity contribution < 1.29 is 4.79 Å². The maximum absolute atomic E-state index is 11.8. The third-order valence-electron chi connectivity index (χ3n) is 3.17. The van der Waals surface area contributed by atoms with Crippen LogP contribution in [0.1, 0.15) is 16.7 Å². The fourth-order valence-corrected chi connectivity index (χ4v) is 2.17. The van der Waals surface area contributed by atoms with Gasteiger partial charge >= 0.3 is 0 Å². The lowest BCUT2D eigenvalue weighted by molar-refractivity contribution is -0.116. The first-order valence-electron chi connectivity index (χ1n) is 6.26. The molecule has 2 aromatic carbocycles. The molecule has 1 aliphatic heterocycles. The standard InChI is InChI=1S/C16H14N2O/c1-11-6-8-12(9-7-11)16-13-4-2-3-5-14(13)17-10-15(19)18-16/h2-9,17H,10H2,1H3. The van der Waals surface area contributed by atoms with Crippen molar-refractivity contribution in [3.63, 3.8) is 0 Å². The first-order chi connectivity index (χ1) is 9.24. The molecule has 0 saturated heterocycles. The molecule has 0 bridgehead atoms. The number of nitrogens with zero attached hydrogens (tertiary/aromatic N) is 1. The summed E-state index contributed by atoms with van der Waals surface area (Å²) in [5.74, 6) is -0.147. The van der Waals surface area contributed by atoms with E-state index in [0.29, 0.717) is 0 Å². The van der Waals surface area contributed by atoms with Gasteiger partial charge in [-0.3, -0.25) is 4.79 Å². The molecule has 19 heavy (non-hydrogen) atoms. The van der Waals surface area contributed by atoms with E-state index < -0.39 is 0 Å². The molecular weight excluding hydrogens is 236 g/mol. The van der Waals surface area contributed by atoms with Crippen LogP contribution in [0.15, 0.2) is 53.5 Å². The number of benzodiazepines with no additional fused rings is 1. The summed E-state index contributed by atoms with van der Waals surface area (Å²) >= 11 is 0. The normalized spacial score (nSPS) is 14.2. The van der Waals surface area contributed by atoms with Gasteiger partial charge in [0.2, 0.25) is 0 Å². The Morgan fingerprint density at radius 3 is 2.58 bits per heavy atom. The first kappa shape index (κ1) is 11.7. The van der Waals surface area contributed by atoms with Crippen LogP contribution >= 0.6 is 0 Å². The van der Waals surface area contributed by atoms with E-state index in [-0.39, 0.29) is 12.5 Å². The van der Waals surface area contributed by atoms with Crippen LogP contribution in [-0.4, -0.2) is 18.2 Å². The summed E-state index contributed by atoms with van der Waals surface area (Å²) in [6.07, 6.45) is 0. The Bertz CT molecular complexity index is 657. The number of carbonyl (C=O) groups excluding carboxylic acids is 1. The minimum absolute atomic E-state index is 0.147. The third-order valence-corrected chi connectivity index (χ3v) is 3.17. The van der Waals surface area contributed by atoms with Gasteiger partial charge in [-0.1, -0.05) is 48.0 Å². The molecule has 3 nitrogen and oxygen atoms in total. The van der Waals surface area contributed by atoms with E-state index in [2.05, 4.69) is 10.3 Å². The van der Waals surface area contributed by atoms with E-state index in [9.17, 15) is 4.79 Å². The Kier molecular flexibility index (Phi) is 2.88. The number of fused-ring (bicyclic) bond motifs is 1. The van der Waals surface area contributed by atoms with Crippen LogP contribution in [0.3, 0.4) is 0 Å². The van der Waals surface area contributed by atoms with Crippen molar-refractivity contribution in [3.8, 4) is 0 Å². The molecule has 0 atom stereocenters. The molecule has 0 saturated carbocycles. The highest BCUT2D eigenvalue weighted by atomic mass is 16.1. The van der Waals surface area contributed by atoms with Gasteiger partial charge in [-0.25, -0.2) is 4.99 Å². The lowest BCUT2D eigenvalue weighted by Gasteiger charge is -2.09. The highest BCUT2D eigenvalue weighted by molar-refractivity contribution is 6.20. The van der Waals surface area contributed by atoms with Crippen LogP contribution in [0.25, 0.3) is 0 Å². The minimum atomic E-state index is -0.147. The topological polar surface area (TPSA) is 41.5 Å². The Morgan fingerprint density at radius 1 is 1.05 bits per heavy atom. The molecule has 0 aliphatic carbocycles. The van der Waals surface area contributed by atoms with E-state index in [1.807, 2.05) is 55.5 Å². The van der Waals surface area contributed by atoms with E-state index in [4.69, 9.17) is 0 Å². The summed E-state index contributed by atoms with van der Waals surface area (Å²) in [5.41, 5.74) is 4.82. The van der Waals surface area contributed by atoms with Crippen molar-refractivity contribution in [1.29, 1.82) is 0 Å². The second kappa shape index (κ2) is 4.69. The highest BCUT2D eigenvalue weighted by Crippen LogP contribution is 2.22. The lowest BCUT2D eigenvalue weighted by Crippen LogP contribution is -2.09. The monoisotopic (exact) mass is 250 g/mol. The molecule has 0 aromatic heterocycles. The van der Waals surface area contributed by atoms with Gasteiger partial charge in [0.05, 0.1) is 12.3 Å². The number of para-hydroxylation sites is 1. The quantitative estimate of drug-likeness (QED) is 0.845. The average Bonchev–Trinajstić information content (AvgIpc) is 2.60. The van der Waals surface area contributed by atoms with Crippen molar-refractivity contribution in [2.45, 2.75) is 6.92 Å². The van der Waals surface area contributed by atoms with E-state index >= 15 is 0 Å². The number of benzene rings is 2. The van der Waals surface area contributed by atoms with Gasteiger partial charge in [-0.2, -0.15) is 0 Å². The summed E-state index contributed by atoms with van der Waals surface area (Å²) in [6.45, 7) is 2.28. The molecule has 3 rings (SSSR count). The molecule has 94 valence electrons. The summed E-state index contributed by atoms with van der Waals surface area (Å²) in [4.78, 5) is 16.0. The number of nitrogens with one attached hydrogen (secondary N) is 1. The molecule has 0 fully saturated rings. The molecule has 0 spiro atoms. The van der Waals surface area contributed by atoms with Crippen LogP contribution in [0.2, 0.25) is 0 Å². The second-order valence-electron chi connectivity index (χ2n) is 4.62. The van der Waals surface area contributed by atoms with Crippen molar-refractivity contribution in [1.82, 2.24) is 0 Å². The molecule has 0 radical (unpaired) electrons. The summed E-state index contributed by atoms with van der Waals surface area (Å²) in [5, 5.41) is 3.12. The summed E-state index contributed by atoms with van der Waals surface area (Å²) in [6, 6.07) is 15.9. The Labute approximate surface area is 112 Å². The van der Waals surface area contributed by atoms with Crippen molar-refractivity contribution >= 4 is 17.3 Å². The fourth-order valence-electron chi connectivity index (χ4n) is 2.17. The maximum atomic E-state index is 11.8. The smallest absolute Gasteiger partial charge is 0.265 e. The first-order valence-corrected chi connectivity index (χ1v) is 6.26. The highest BCUT2D eigenvalue weighted by Gasteiger charge is 2.17.